The highest BCUT2D eigenvalue weighted by molar-refractivity contribution is 7.10. The van der Waals surface area contributed by atoms with Crippen molar-refractivity contribution in [1.82, 2.24) is 9.80 Å². The quantitative estimate of drug-likeness (QED) is 0.327. The Labute approximate surface area is 210 Å². The van der Waals surface area contributed by atoms with Gasteiger partial charge in [-0.25, -0.2) is 0 Å². The molecule has 1 aromatic heterocycles. The van der Waals surface area contributed by atoms with Crippen LogP contribution in [0, 0.1) is 6.92 Å². The molecule has 0 bridgehead atoms. The molecule has 5 rings (SSSR count). The molecular formula is C30H30N2O2S. The number of rotatable bonds is 6. The maximum absolute atomic E-state index is 13.8. The van der Waals surface area contributed by atoms with E-state index in [4.69, 9.17) is 0 Å². The Morgan fingerprint density at radius 2 is 1.74 bits per heavy atom. The summed E-state index contributed by atoms with van der Waals surface area (Å²) < 4.78 is 0. The third kappa shape index (κ3) is 4.48. The predicted molar refractivity (Wildman–Crippen MR) is 143 cm³/mol. The normalized spacial score (nSPS) is 15.1. The highest BCUT2D eigenvalue weighted by Crippen LogP contribution is 2.39. The van der Waals surface area contributed by atoms with Gasteiger partial charge in [0.05, 0.1) is 6.04 Å². The van der Waals surface area contributed by atoms with Crippen LogP contribution in [-0.4, -0.2) is 41.2 Å². The standard InChI is InChI=1S/C30H30N2O2S/c1-3-17-31(30(34)25-14-8-11-22-10-5-7-13-24(22)25)20-28(33)32-18-15-27-26(16-19-35-27)29(32)23-12-6-4-9-21(23)2/h4-14,16,19,29H,3,15,17-18,20H2,1-2H3. The number of amides is 2. The molecule has 0 N–H and O–H groups in total. The molecule has 4 aromatic rings. The lowest BCUT2D eigenvalue weighted by Crippen LogP contribution is -2.47. The average Bonchev–Trinajstić information content (AvgIpc) is 3.36. The largest absolute Gasteiger partial charge is 0.330 e. The predicted octanol–water partition coefficient (Wildman–Crippen LogP) is 6.24. The lowest BCUT2D eigenvalue weighted by molar-refractivity contribution is -0.134. The first-order chi connectivity index (χ1) is 17.1. The Balaban J connectivity index is 1.46. The Morgan fingerprint density at radius 1 is 0.971 bits per heavy atom. The molecule has 35 heavy (non-hydrogen) atoms. The molecule has 0 fully saturated rings. The van der Waals surface area contributed by atoms with Crippen molar-refractivity contribution in [2.75, 3.05) is 19.6 Å². The number of nitrogens with zero attached hydrogens (tertiary/aromatic N) is 2. The van der Waals surface area contributed by atoms with Gasteiger partial charge in [0.15, 0.2) is 0 Å². The first kappa shape index (κ1) is 23.3. The van der Waals surface area contributed by atoms with E-state index in [9.17, 15) is 9.59 Å². The molecule has 4 nitrogen and oxygen atoms in total. The van der Waals surface area contributed by atoms with Gasteiger partial charge in [0.2, 0.25) is 5.91 Å². The van der Waals surface area contributed by atoms with Crippen molar-refractivity contribution in [3.8, 4) is 0 Å². The van der Waals surface area contributed by atoms with Crippen molar-refractivity contribution >= 4 is 33.9 Å². The van der Waals surface area contributed by atoms with E-state index in [-0.39, 0.29) is 24.4 Å². The van der Waals surface area contributed by atoms with Crippen LogP contribution < -0.4 is 0 Å². The lowest BCUT2D eigenvalue weighted by Gasteiger charge is -2.38. The summed E-state index contributed by atoms with van der Waals surface area (Å²) in [6.07, 6.45) is 1.64. The second-order valence-corrected chi connectivity index (χ2v) is 10.1. The first-order valence-electron chi connectivity index (χ1n) is 12.3. The number of fused-ring (bicyclic) bond motifs is 2. The second-order valence-electron chi connectivity index (χ2n) is 9.15. The van der Waals surface area contributed by atoms with E-state index in [0.717, 1.165) is 29.2 Å². The molecule has 178 valence electrons. The highest BCUT2D eigenvalue weighted by Gasteiger charge is 2.34. The topological polar surface area (TPSA) is 40.6 Å². The van der Waals surface area contributed by atoms with Gasteiger partial charge in [0.1, 0.15) is 6.54 Å². The number of aryl methyl sites for hydroxylation is 1. The summed E-state index contributed by atoms with van der Waals surface area (Å²) in [5, 5.41) is 4.08. The third-order valence-electron chi connectivity index (χ3n) is 6.90. The number of hydrogen-bond acceptors (Lipinski definition) is 3. The number of benzene rings is 3. The molecule has 0 radical (unpaired) electrons. The SMILES string of the molecule is CCCN(CC(=O)N1CCc2sccc2C1c1ccccc1C)C(=O)c1cccc2ccccc12. The molecule has 1 unspecified atom stereocenters. The average molecular weight is 483 g/mol. The van der Waals surface area contributed by atoms with Gasteiger partial charge in [0, 0.05) is 23.5 Å². The van der Waals surface area contributed by atoms with Gasteiger partial charge in [-0.2, -0.15) is 0 Å². The molecule has 0 saturated heterocycles. The summed E-state index contributed by atoms with van der Waals surface area (Å²) >= 11 is 1.77. The Kier molecular flexibility index (Phi) is 6.69. The van der Waals surface area contributed by atoms with Crippen molar-refractivity contribution in [1.29, 1.82) is 0 Å². The smallest absolute Gasteiger partial charge is 0.254 e. The molecule has 1 aliphatic rings. The van der Waals surface area contributed by atoms with Gasteiger partial charge in [-0.05, 0) is 64.7 Å². The second kappa shape index (κ2) is 10.0. The zero-order valence-corrected chi connectivity index (χ0v) is 21.1. The number of carbonyl (C=O) groups is 2. The molecule has 0 aliphatic carbocycles. The van der Waals surface area contributed by atoms with Crippen LogP contribution in [0.4, 0.5) is 0 Å². The van der Waals surface area contributed by atoms with Crippen LogP contribution in [0.25, 0.3) is 10.8 Å². The number of carbonyl (C=O) groups excluding carboxylic acids is 2. The van der Waals surface area contributed by atoms with E-state index in [2.05, 4.69) is 30.5 Å². The molecule has 0 saturated carbocycles. The lowest BCUT2D eigenvalue weighted by atomic mass is 9.90. The summed E-state index contributed by atoms with van der Waals surface area (Å²) in [6.45, 7) is 5.43. The van der Waals surface area contributed by atoms with Crippen LogP contribution >= 0.6 is 11.3 Å². The van der Waals surface area contributed by atoms with E-state index in [1.165, 1.54) is 16.0 Å². The minimum absolute atomic E-state index is 0.00265. The summed E-state index contributed by atoms with van der Waals surface area (Å²) in [5.41, 5.74) is 4.19. The van der Waals surface area contributed by atoms with Crippen LogP contribution in [0.2, 0.25) is 0 Å². The molecule has 5 heteroatoms. The third-order valence-corrected chi connectivity index (χ3v) is 7.89. The van der Waals surface area contributed by atoms with Gasteiger partial charge in [-0.1, -0.05) is 67.6 Å². The Hall–Kier alpha value is -3.44. The first-order valence-corrected chi connectivity index (χ1v) is 13.1. The Morgan fingerprint density at radius 3 is 2.57 bits per heavy atom. The highest BCUT2D eigenvalue weighted by atomic mass is 32.1. The maximum atomic E-state index is 13.8. The number of hydrogen-bond donors (Lipinski definition) is 0. The fourth-order valence-electron chi connectivity index (χ4n) is 5.17. The van der Waals surface area contributed by atoms with Crippen LogP contribution in [0.3, 0.4) is 0 Å². The molecule has 1 atom stereocenters. The Bertz CT molecular complexity index is 1370. The fourth-order valence-corrected chi connectivity index (χ4v) is 6.08. The zero-order chi connectivity index (χ0) is 24.4. The van der Waals surface area contributed by atoms with Gasteiger partial charge in [-0.3, -0.25) is 9.59 Å². The maximum Gasteiger partial charge on any atom is 0.254 e. The zero-order valence-electron chi connectivity index (χ0n) is 20.2. The van der Waals surface area contributed by atoms with Crippen molar-refractivity contribution in [3.63, 3.8) is 0 Å². The molecular weight excluding hydrogens is 452 g/mol. The van der Waals surface area contributed by atoms with Crippen molar-refractivity contribution < 1.29 is 9.59 Å². The monoisotopic (exact) mass is 482 g/mol. The van der Waals surface area contributed by atoms with E-state index in [1.807, 2.05) is 66.4 Å². The summed E-state index contributed by atoms with van der Waals surface area (Å²) in [7, 11) is 0. The van der Waals surface area contributed by atoms with Gasteiger partial charge in [0.25, 0.3) is 5.91 Å². The molecule has 0 spiro atoms. The van der Waals surface area contributed by atoms with Crippen LogP contribution in [0.15, 0.2) is 78.2 Å². The van der Waals surface area contributed by atoms with Gasteiger partial charge >= 0.3 is 0 Å². The minimum Gasteiger partial charge on any atom is -0.330 e. The van der Waals surface area contributed by atoms with E-state index < -0.39 is 0 Å². The molecule has 3 aromatic carbocycles. The molecule has 1 aliphatic heterocycles. The van der Waals surface area contributed by atoms with E-state index in [0.29, 0.717) is 18.7 Å². The minimum atomic E-state index is -0.116. The van der Waals surface area contributed by atoms with Crippen LogP contribution in [-0.2, 0) is 11.2 Å². The van der Waals surface area contributed by atoms with Crippen molar-refractivity contribution in [2.24, 2.45) is 0 Å². The van der Waals surface area contributed by atoms with E-state index >= 15 is 0 Å². The van der Waals surface area contributed by atoms with Crippen molar-refractivity contribution in [2.45, 2.75) is 32.7 Å². The summed E-state index contributed by atoms with van der Waals surface area (Å²) in [5.74, 6) is -0.0881. The van der Waals surface area contributed by atoms with E-state index in [1.54, 1.807) is 16.2 Å². The number of thiophene rings is 1. The van der Waals surface area contributed by atoms with Crippen LogP contribution in [0.1, 0.15) is 51.3 Å². The van der Waals surface area contributed by atoms with Gasteiger partial charge < -0.3 is 9.80 Å². The molecule has 2 amide bonds. The van der Waals surface area contributed by atoms with Crippen LogP contribution in [0.5, 0.6) is 0 Å². The van der Waals surface area contributed by atoms with Crippen molar-refractivity contribution in [3.05, 3.63) is 105 Å². The summed E-state index contributed by atoms with van der Waals surface area (Å²) in [4.78, 5) is 32.6. The van der Waals surface area contributed by atoms with Gasteiger partial charge in [-0.15, -0.1) is 11.3 Å². The molecule has 2 heterocycles. The fraction of sp³-hybridized carbons (Fsp3) is 0.267. The summed E-state index contributed by atoms with van der Waals surface area (Å²) in [6, 6.07) is 24.1.